The Morgan fingerprint density at radius 3 is 2.42 bits per heavy atom. The van der Waals surface area contributed by atoms with Gasteiger partial charge in [-0.15, -0.1) is 0 Å². The summed E-state index contributed by atoms with van der Waals surface area (Å²) in [5.74, 6) is 0.00291. The number of rotatable bonds is 10. The monoisotopic (exact) mass is 598 g/mol. The van der Waals surface area contributed by atoms with Gasteiger partial charge in [0.15, 0.2) is 0 Å². The molecule has 43 heavy (non-hydrogen) atoms. The van der Waals surface area contributed by atoms with Crippen LogP contribution in [0.4, 0.5) is 0 Å². The third kappa shape index (κ3) is 5.13. The third-order valence-corrected chi connectivity index (χ3v) is 12.3. The summed E-state index contributed by atoms with van der Waals surface area (Å²) in [6, 6.07) is 3.27. The molecule has 236 valence electrons. The van der Waals surface area contributed by atoms with Crippen LogP contribution in [-0.4, -0.2) is 46.9 Å². The van der Waals surface area contributed by atoms with Crippen LogP contribution in [0.1, 0.15) is 116 Å². The molecular formula is C34H46O9. The first-order chi connectivity index (χ1) is 20.5. The Hall–Kier alpha value is -2.68. The molecular weight excluding hydrogens is 552 g/mol. The van der Waals surface area contributed by atoms with E-state index in [0.29, 0.717) is 30.6 Å². The summed E-state index contributed by atoms with van der Waals surface area (Å²) < 4.78 is 23.9. The number of epoxide rings is 1. The summed E-state index contributed by atoms with van der Waals surface area (Å²) in [6.45, 7) is 6.19. The molecule has 0 radical (unpaired) electrons. The molecule has 9 nitrogen and oxygen atoms in total. The highest BCUT2D eigenvalue weighted by molar-refractivity contribution is 5.69. The Morgan fingerprint density at radius 2 is 1.72 bits per heavy atom. The Bertz CT molecular complexity index is 1280. The fourth-order valence-electron chi connectivity index (χ4n) is 10.3. The van der Waals surface area contributed by atoms with Crippen LogP contribution < -0.4 is 5.63 Å². The smallest absolute Gasteiger partial charge is 0.335 e. The van der Waals surface area contributed by atoms with Crippen molar-refractivity contribution in [3.05, 3.63) is 34.4 Å². The van der Waals surface area contributed by atoms with Crippen molar-refractivity contribution >= 4 is 17.9 Å². The standard InChI is InChI=1S/C34H46O9/c1-20(35)41-30-29(21-10-13-27(38)40-19-21)33(3)17-15-24-25(34(33)31(30)43-34)12-11-22-18-23(14-16-32(22,24)2)42-28(39)9-7-5-4-6-8-26(36)37/h10,13,19,22-25,29-31H,4-9,11-12,14-18H2,1-3H3,(H,36,37)/t22-,23-,24+,25+,29-,30-,31+,32-,33-,34-/m0/s1. The summed E-state index contributed by atoms with van der Waals surface area (Å²) in [6.07, 6.45) is 11.5. The molecule has 1 N–H and O–H groups in total. The van der Waals surface area contributed by atoms with Gasteiger partial charge in [0.25, 0.3) is 0 Å². The molecule has 1 aromatic rings. The van der Waals surface area contributed by atoms with Gasteiger partial charge >= 0.3 is 23.5 Å². The highest BCUT2D eigenvalue weighted by atomic mass is 16.7. The minimum Gasteiger partial charge on any atom is -0.481 e. The van der Waals surface area contributed by atoms with Crippen LogP contribution in [-0.2, 0) is 28.6 Å². The van der Waals surface area contributed by atoms with Crippen LogP contribution in [0.15, 0.2) is 27.6 Å². The molecule has 2 heterocycles. The summed E-state index contributed by atoms with van der Waals surface area (Å²) >= 11 is 0. The predicted octanol–water partition coefficient (Wildman–Crippen LogP) is 5.78. The number of esters is 2. The van der Waals surface area contributed by atoms with Crippen molar-refractivity contribution in [3.63, 3.8) is 0 Å². The van der Waals surface area contributed by atoms with Crippen LogP contribution in [0.3, 0.4) is 0 Å². The van der Waals surface area contributed by atoms with Crippen molar-refractivity contribution in [1.82, 2.24) is 0 Å². The normalized spacial score (nSPS) is 40.8. The summed E-state index contributed by atoms with van der Waals surface area (Å²) in [4.78, 5) is 47.3. The summed E-state index contributed by atoms with van der Waals surface area (Å²) in [5, 5.41) is 8.76. The summed E-state index contributed by atoms with van der Waals surface area (Å²) in [5.41, 5.74) is 0.0266. The topological polar surface area (TPSA) is 133 Å². The van der Waals surface area contributed by atoms with E-state index in [1.54, 1.807) is 6.26 Å². The number of hydrogen-bond acceptors (Lipinski definition) is 8. The Kier molecular flexibility index (Phi) is 8.01. The van der Waals surface area contributed by atoms with E-state index in [2.05, 4.69) is 13.8 Å². The van der Waals surface area contributed by atoms with E-state index in [9.17, 15) is 19.2 Å². The molecule has 5 fully saturated rings. The Balaban J connectivity index is 1.12. The molecule has 1 aromatic heterocycles. The molecule has 0 bridgehead atoms. The van der Waals surface area contributed by atoms with E-state index in [1.165, 1.54) is 13.0 Å². The Labute approximate surface area is 253 Å². The lowest BCUT2D eigenvalue weighted by atomic mass is 9.44. The first-order valence-electron chi connectivity index (χ1n) is 16.3. The minimum absolute atomic E-state index is 0.0389. The number of unbranched alkanes of at least 4 members (excludes halogenated alkanes) is 3. The molecule has 9 heteroatoms. The maximum Gasteiger partial charge on any atom is 0.335 e. The number of fused-ring (bicyclic) bond motifs is 3. The zero-order valence-corrected chi connectivity index (χ0v) is 25.7. The zero-order valence-electron chi connectivity index (χ0n) is 25.7. The Morgan fingerprint density at radius 1 is 0.953 bits per heavy atom. The first-order valence-corrected chi connectivity index (χ1v) is 16.3. The molecule has 4 aliphatic carbocycles. The average molecular weight is 599 g/mol. The molecule has 1 saturated heterocycles. The van der Waals surface area contributed by atoms with Gasteiger partial charge in [0.1, 0.15) is 23.9 Å². The lowest BCUT2D eigenvalue weighted by Crippen LogP contribution is -2.58. The van der Waals surface area contributed by atoms with Gasteiger partial charge in [-0.3, -0.25) is 14.4 Å². The van der Waals surface area contributed by atoms with Crippen molar-refractivity contribution in [3.8, 4) is 0 Å². The van der Waals surface area contributed by atoms with Gasteiger partial charge in [-0.25, -0.2) is 4.79 Å². The maximum atomic E-state index is 12.6. The minimum atomic E-state index is -0.772. The maximum absolute atomic E-state index is 12.6. The fourth-order valence-corrected chi connectivity index (χ4v) is 10.3. The molecule has 0 aromatic carbocycles. The largest absolute Gasteiger partial charge is 0.481 e. The van der Waals surface area contributed by atoms with Crippen molar-refractivity contribution in [2.75, 3.05) is 0 Å². The van der Waals surface area contributed by atoms with E-state index in [1.807, 2.05) is 6.07 Å². The number of ether oxygens (including phenoxy) is 3. The van der Waals surface area contributed by atoms with Crippen molar-refractivity contribution in [2.24, 2.45) is 28.6 Å². The quantitative estimate of drug-likeness (QED) is 0.202. The van der Waals surface area contributed by atoms with Crippen LogP contribution in [0.25, 0.3) is 0 Å². The number of carboxylic acid groups (broad SMARTS) is 1. The second-order valence-electron chi connectivity index (χ2n) is 14.4. The SMILES string of the molecule is CC(=O)O[C@@H]1[C@H]2O[C@@]23[C@@H]2CC[C@H]4C[C@@H](OC(=O)CCCCCCC(=O)O)CC[C@]4(C)[C@@H]2CC[C@@]3(C)[C@H]1c1ccc(=O)oc1. The van der Waals surface area contributed by atoms with E-state index in [0.717, 1.165) is 69.8 Å². The predicted molar refractivity (Wildman–Crippen MR) is 155 cm³/mol. The molecule has 10 atom stereocenters. The number of carbonyl (C=O) groups is 3. The average Bonchev–Trinajstić information content (AvgIpc) is 3.66. The number of carboxylic acids is 1. The van der Waals surface area contributed by atoms with Crippen LogP contribution >= 0.6 is 0 Å². The fraction of sp³-hybridized carbons (Fsp3) is 0.765. The number of aliphatic carboxylic acids is 1. The molecule has 4 saturated carbocycles. The second kappa shape index (κ2) is 11.4. The van der Waals surface area contributed by atoms with Crippen molar-refractivity contribution < 1.29 is 38.1 Å². The second-order valence-corrected chi connectivity index (χ2v) is 14.4. The molecule has 6 rings (SSSR count). The molecule has 1 aliphatic heterocycles. The molecule has 1 spiro atoms. The van der Waals surface area contributed by atoms with Crippen LogP contribution in [0.5, 0.6) is 0 Å². The lowest BCUT2D eigenvalue weighted by molar-refractivity contribution is -0.168. The zero-order chi connectivity index (χ0) is 30.6. The van der Waals surface area contributed by atoms with Gasteiger partial charge < -0.3 is 23.7 Å². The number of hydrogen-bond donors (Lipinski definition) is 1. The van der Waals surface area contributed by atoms with Crippen LogP contribution in [0.2, 0.25) is 0 Å². The van der Waals surface area contributed by atoms with E-state index in [-0.39, 0.29) is 52.9 Å². The van der Waals surface area contributed by atoms with Gasteiger partial charge in [0, 0.05) is 37.2 Å². The molecule has 0 amide bonds. The van der Waals surface area contributed by atoms with Crippen molar-refractivity contribution in [2.45, 2.75) is 134 Å². The first kappa shape index (κ1) is 30.4. The summed E-state index contributed by atoms with van der Waals surface area (Å²) in [7, 11) is 0. The third-order valence-electron chi connectivity index (χ3n) is 12.3. The molecule has 5 aliphatic rings. The lowest BCUT2D eigenvalue weighted by Gasteiger charge is -2.61. The van der Waals surface area contributed by atoms with E-state index < -0.39 is 17.7 Å². The van der Waals surface area contributed by atoms with Gasteiger partial charge in [0.05, 0.1) is 6.26 Å². The van der Waals surface area contributed by atoms with Gasteiger partial charge in [-0.2, -0.15) is 0 Å². The van der Waals surface area contributed by atoms with E-state index >= 15 is 0 Å². The van der Waals surface area contributed by atoms with Gasteiger partial charge in [0.2, 0.25) is 0 Å². The highest BCUT2D eigenvalue weighted by Crippen LogP contribution is 2.78. The van der Waals surface area contributed by atoms with Gasteiger partial charge in [-0.1, -0.05) is 26.7 Å². The van der Waals surface area contributed by atoms with Crippen LogP contribution in [0, 0.1) is 28.6 Å². The van der Waals surface area contributed by atoms with E-state index in [4.69, 9.17) is 23.7 Å². The molecule has 0 unspecified atom stereocenters. The van der Waals surface area contributed by atoms with Gasteiger partial charge in [-0.05, 0) is 92.6 Å². The number of carbonyl (C=O) groups excluding carboxylic acids is 2. The van der Waals surface area contributed by atoms with Crippen molar-refractivity contribution in [1.29, 1.82) is 0 Å². The highest BCUT2D eigenvalue weighted by Gasteiger charge is 2.84.